The number of hydrogen-bond acceptors (Lipinski definition) is 4. The fourth-order valence-corrected chi connectivity index (χ4v) is 3.41. The molecule has 2 heterocycles. The number of amides is 2. The van der Waals surface area contributed by atoms with Crippen molar-refractivity contribution < 1.29 is 9.32 Å². The zero-order chi connectivity index (χ0) is 18.6. The maximum atomic E-state index is 12.8. The van der Waals surface area contributed by atoms with E-state index < -0.39 is 0 Å². The van der Waals surface area contributed by atoms with Gasteiger partial charge in [-0.3, -0.25) is 0 Å². The van der Waals surface area contributed by atoms with E-state index in [4.69, 9.17) is 4.52 Å². The molecule has 0 unspecified atom stereocenters. The summed E-state index contributed by atoms with van der Waals surface area (Å²) < 4.78 is 5.49. The molecule has 3 aromatic rings. The molecule has 0 aliphatic carbocycles. The van der Waals surface area contributed by atoms with Crippen molar-refractivity contribution >= 4 is 11.7 Å². The normalized spacial score (nSPS) is 16.5. The highest BCUT2D eigenvalue weighted by atomic mass is 16.5. The Balaban J connectivity index is 1.50. The van der Waals surface area contributed by atoms with Gasteiger partial charge < -0.3 is 14.7 Å². The Morgan fingerprint density at radius 2 is 2.07 bits per heavy atom. The number of anilines is 1. The minimum absolute atomic E-state index is 0.134. The van der Waals surface area contributed by atoms with E-state index >= 15 is 0 Å². The second-order valence-electron chi connectivity index (χ2n) is 6.66. The fourth-order valence-electron chi connectivity index (χ4n) is 3.41. The van der Waals surface area contributed by atoms with E-state index in [0.29, 0.717) is 18.3 Å². The van der Waals surface area contributed by atoms with Gasteiger partial charge in [-0.25, -0.2) is 4.79 Å². The molecule has 2 amide bonds. The Kier molecular flexibility index (Phi) is 4.87. The van der Waals surface area contributed by atoms with Crippen molar-refractivity contribution in [3.8, 4) is 11.4 Å². The van der Waals surface area contributed by atoms with Gasteiger partial charge in [0.2, 0.25) is 11.7 Å². The summed E-state index contributed by atoms with van der Waals surface area (Å²) in [6.07, 6.45) is 2.66. The van der Waals surface area contributed by atoms with Crippen molar-refractivity contribution in [2.75, 3.05) is 11.9 Å². The van der Waals surface area contributed by atoms with Crippen LogP contribution in [0.5, 0.6) is 0 Å². The molecule has 6 heteroatoms. The summed E-state index contributed by atoms with van der Waals surface area (Å²) in [5.41, 5.74) is 2.90. The summed E-state index contributed by atoms with van der Waals surface area (Å²) in [6.45, 7) is 2.77. The Hall–Kier alpha value is -3.15. The van der Waals surface area contributed by atoms with Gasteiger partial charge in [-0.05, 0) is 37.0 Å². The summed E-state index contributed by atoms with van der Waals surface area (Å²) in [4.78, 5) is 19.1. The van der Waals surface area contributed by atoms with Crippen molar-refractivity contribution in [3.05, 3.63) is 66.1 Å². The molecule has 6 nitrogen and oxygen atoms in total. The maximum absolute atomic E-state index is 12.8. The number of carbonyl (C=O) groups is 1. The van der Waals surface area contributed by atoms with E-state index in [2.05, 4.69) is 28.4 Å². The second-order valence-corrected chi connectivity index (χ2v) is 6.66. The third kappa shape index (κ3) is 3.69. The molecule has 0 radical (unpaired) electrons. The van der Waals surface area contributed by atoms with Gasteiger partial charge in [-0.15, -0.1) is 0 Å². The van der Waals surface area contributed by atoms with Crippen molar-refractivity contribution in [2.24, 2.45) is 0 Å². The molecular weight excluding hydrogens is 340 g/mol. The van der Waals surface area contributed by atoms with Crippen molar-refractivity contribution in [3.63, 3.8) is 0 Å². The lowest BCUT2D eigenvalue weighted by molar-refractivity contribution is 0.193. The highest BCUT2D eigenvalue weighted by Crippen LogP contribution is 2.32. The van der Waals surface area contributed by atoms with Crippen LogP contribution in [0.25, 0.3) is 11.4 Å². The van der Waals surface area contributed by atoms with E-state index in [9.17, 15) is 4.79 Å². The molecule has 0 saturated carbocycles. The highest BCUT2D eigenvalue weighted by molar-refractivity contribution is 5.89. The van der Waals surface area contributed by atoms with Gasteiger partial charge in [0.15, 0.2) is 0 Å². The number of aryl methyl sites for hydroxylation is 1. The highest BCUT2D eigenvalue weighted by Gasteiger charge is 2.34. The van der Waals surface area contributed by atoms with Crippen LogP contribution < -0.4 is 5.32 Å². The molecule has 1 aliphatic rings. The zero-order valence-electron chi connectivity index (χ0n) is 15.3. The molecule has 1 atom stereocenters. The van der Waals surface area contributed by atoms with Crippen molar-refractivity contribution in [1.82, 2.24) is 15.0 Å². The van der Waals surface area contributed by atoms with Crippen LogP contribution in [0.2, 0.25) is 0 Å². The number of hydrogen-bond donors (Lipinski definition) is 1. The summed E-state index contributed by atoms with van der Waals surface area (Å²) in [5, 5.41) is 7.08. The SMILES string of the molecule is CCc1cccc(NC(=O)N2CCC[C@H]2c2nc(-c3ccccc3)no2)c1. The molecule has 1 saturated heterocycles. The van der Waals surface area contributed by atoms with Gasteiger partial charge in [-0.1, -0.05) is 54.5 Å². The zero-order valence-corrected chi connectivity index (χ0v) is 15.3. The van der Waals surface area contributed by atoms with Gasteiger partial charge in [-0.2, -0.15) is 4.98 Å². The number of rotatable bonds is 4. The maximum Gasteiger partial charge on any atom is 0.322 e. The molecule has 1 aliphatic heterocycles. The predicted molar refractivity (Wildman–Crippen MR) is 103 cm³/mol. The van der Waals surface area contributed by atoms with E-state index in [1.54, 1.807) is 4.90 Å². The van der Waals surface area contributed by atoms with E-state index in [1.807, 2.05) is 48.5 Å². The molecule has 1 N–H and O–H groups in total. The molecule has 4 rings (SSSR count). The Morgan fingerprint density at radius 1 is 1.22 bits per heavy atom. The molecule has 1 fully saturated rings. The summed E-state index contributed by atoms with van der Waals surface area (Å²) >= 11 is 0. The summed E-state index contributed by atoms with van der Waals surface area (Å²) in [6, 6.07) is 17.3. The number of nitrogens with one attached hydrogen (secondary N) is 1. The quantitative estimate of drug-likeness (QED) is 0.732. The predicted octanol–water partition coefficient (Wildman–Crippen LogP) is 4.67. The lowest BCUT2D eigenvalue weighted by Crippen LogP contribution is -2.34. The largest absolute Gasteiger partial charge is 0.337 e. The lowest BCUT2D eigenvalue weighted by atomic mass is 10.1. The molecule has 0 spiro atoms. The Morgan fingerprint density at radius 3 is 2.89 bits per heavy atom. The van der Waals surface area contributed by atoms with Gasteiger partial charge in [0.25, 0.3) is 0 Å². The van der Waals surface area contributed by atoms with Crippen molar-refractivity contribution in [1.29, 1.82) is 0 Å². The minimum atomic E-state index is -0.190. The average Bonchev–Trinajstić information content (AvgIpc) is 3.38. The first kappa shape index (κ1) is 17.3. The lowest BCUT2D eigenvalue weighted by Gasteiger charge is -2.22. The van der Waals surface area contributed by atoms with Gasteiger partial charge in [0.1, 0.15) is 6.04 Å². The number of carbonyl (C=O) groups excluding carboxylic acids is 1. The fraction of sp³-hybridized carbons (Fsp3) is 0.286. The van der Waals surface area contributed by atoms with Gasteiger partial charge >= 0.3 is 6.03 Å². The van der Waals surface area contributed by atoms with Crippen LogP contribution in [0, 0.1) is 0 Å². The number of urea groups is 1. The van der Waals surface area contributed by atoms with Crippen LogP contribution in [0.1, 0.15) is 37.3 Å². The molecule has 0 bridgehead atoms. The monoisotopic (exact) mass is 362 g/mol. The number of aromatic nitrogens is 2. The van der Waals surface area contributed by atoms with E-state index in [-0.39, 0.29) is 12.1 Å². The summed E-state index contributed by atoms with van der Waals surface area (Å²) in [7, 11) is 0. The van der Waals surface area contributed by atoms with E-state index in [1.165, 1.54) is 5.56 Å². The average molecular weight is 362 g/mol. The van der Waals surface area contributed by atoms with Crippen LogP contribution >= 0.6 is 0 Å². The first-order valence-corrected chi connectivity index (χ1v) is 9.30. The van der Waals surface area contributed by atoms with Crippen LogP contribution in [0.4, 0.5) is 10.5 Å². The first-order valence-electron chi connectivity index (χ1n) is 9.30. The summed E-state index contributed by atoms with van der Waals surface area (Å²) in [5.74, 6) is 1.04. The van der Waals surface area contributed by atoms with Crippen LogP contribution in [0.15, 0.2) is 59.1 Å². The Bertz CT molecular complexity index is 923. The van der Waals surface area contributed by atoms with Crippen LogP contribution in [0.3, 0.4) is 0 Å². The Labute approximate surface area is 158 Å². The third-order valence-electron chi connectivity index (χ3n) is 4.86. The molecular formula is C21H22N4O2. The smallest absolute Gasteiger partial charge is 0.322 e. The van der Waals surface area contributed by atoms with Crippen LogP contribution in [-0.4, -0.2) is 27.6 Å². The number of benzene rings is 2. The third-order valence-corrected chi connectivity index (χ3v) is 4.86. The van der Waals surface area contributed by atoms with Gasteiger partial charge in [0.05, 0.1) is 0 Å². The first-order chi connectivity index (χ1) is 13.2. The number of nitrogens with zero attached hydrogens (tertiary/aromatic N) is 3. The molecule has 2 aromatic carbocycles. The van der Waals surface area contributed by atoms with Crippen molar-refractivity contribution in [2.45, 2.75) is 32.2 Å². The standard InChI is InChI=1S/C21H22N4O2/c1-2-15-8-6-11-17(14-15)22-21(26)25-13-7-12-18(25)20-23-19(24-27-20)16-9-4-3-5-10-16/h3-6,8-11,14,18H,2,7,12-13H2,1H3,(H,22,26)/t18-/m0/s1. The second kappa shape index (κ2) is 7.61. The minimum Gasteiger partial charge on any atom is -0.337 e. The topological polar surface area (TPSA) is 71.3 Å². The molecule has 138 valence electrons. The number of likely N-dealkylation sites (tertiary alicyclic amines) is 1. The van der Waals surface area contributed by atoms with Crippen LogP contribution in [-0.2, 0) is 6.42 Å². The molecule has 1 aromatic heterocycles. The molecule has 27 heavy (non-hydrogen) atoms. The van der Waals surface area contributed by atoms with E-state index in [0.717, 1.165) is 30.5 Å². The van der Waals surface area contributed by atoms with Gasteiger partial charge in [0, 0.05) is 17.8 Å².